The normalized spacial score (nSPS) is 18.9. The van der Waals surface area contributed by atoms with Crippen LogP contribution in [0, 0.1) is 0 Å². The Labute approximate surface area is 111 Å². The molecule has 1 aliphatic heterocycles. The van der Waals surface area contributed by atoms with Gasteiger partial charge >= 0.3 is 0 Å². The van der Waals surface area contributed by atoms with E-state index in [-0.39, 0.29) is 11.4 Å². The van der Waals surface area contributed by atoms with Gasteiger partial charge in [-0.25, -0.2) is 0 Å². The van der Waals surface area contributed by atoms with Crippen molar-refractivity contribution in [2.45, 2.75) is 26.3 Å². The number of nitrogens with two attached hydrogens (primary N) is 1. The van der Waals surface area contributed by atoms with Crippen molar-refractivity contribution in [2.75, 3.05) is 52.9 Å². The number of nitrogens with zero attached hydrogens (tertiary/aromatic N) is 3. The molecule has 0 atom stereocenters. The minimum absolute atomic E-state index is 0.0658. The van der Waals surface area contributed by atoms with Gasteiger partial charge in [-0.05, 0) is 20.8 Å². The summed E-state index contributed by atoms with van der Waals surface area (Å²) in [6, 6.07) is 0. The Balaban J connectivity index is 2.38. The highest BCUT2D eigenvalue weighted by Gasteiger charge is 2.29. The number of amides is 1. The van der Waals surface area contributed by atoms with E-state index in [1.807, 2.05) is 14.0 Å². The molecule has 1 aliphatic rings. The number of rotatable bonds is 5. The molecule has 1 saturated heterocycles. The van der Waals surface area contributed by atoms with Crippen molar-refractivity contribution < 1.29 is 4.79 Å². The van der Waals surface area contributed by atoms with E-state index in [4.69, 9.17) is 5.73 Å². The third-order valence-corrected chi connectivity index (χ3v) is 3.99. The number of carbonyl (C=O) groups excluding carboxylic acids is 1. The summed E-state index contributed by atoms with van der Waals surface area (Å²) in [6.07, 6.45) is 0. The Morgan fingerprint density at radius 3 is 2.28 bits per heavy atom. The maximum atomic E-state index is 11.8. The van der Waals surface area contributed by atoms with Crippen LogP contribution in [0.15, 0.2) is 0 Å². The van der Waals surface area contributed by atoms with E-state index in [9.17, 15) is 4.79 Å². The monoisotopic (exact) mass is 256 g/mol. The van der Waals surface area contributed by atoms with Gasteiger partial charge in [-0.15, -0.1) is 0 Å². The van der Waals surface area contributed by atoms with Gasteiger partial charge in [0.2, 0.25) is 5.91 Å². The second-order valence-electron chi connectivity index (χ2n) is 5.69. The van der Waals surface area contributed by atoms with Gasteiger partial charge in [0, 0.05) is 51.9 Å². The maximum Gasteiger partial charge on any atom is 0.236 e. The van der Waals surface area contributed by atoms with Crippen LogP contribution in [0.4, 0.5) is 0 Å². The Hall–Kier alpha value is -0.650. The summed E-state index contributed by atoms with van der Waals surface area (Å²) < 4.78 is 0. The Bertz CT molecular complexity index is 272. The first-order chi connectivity index (χ1) is 8.40. The van der Waals surface area contributed by atoms with E-state index >= 15 is 0 Å². The van der Waals surface area contributed by atoms with Crippen molar-refractivity contribution in [2.24, 2.45) is 5.73 Å². The third-order valence-electron chi connectivity index (χ3n) is 3.99. The van der Waals surface area contributed by atoms with Crippen LogP contribution in [-0.2, 0) is 4.79 Å². The van der Waals surface area contributed by atoms with Crippen molar-refractivity contribution in [3.63, 3.8) is 0 Å². The van der Waals surface area contributed by atoms with Crippen LogP contribution in [0.25, 0.3) is 0 Å². The largest absolute Gasteiger partial charge is 0.345 e. The molecule has 0 aromatic heterocycles. The molecule has 1 amide bonds. The van der Waals surface area contributed by atoms with Gasteiger partial charge in [-0.1, -0.05) is 0 Å². The lowest BCUT2D eigenvalue weighted by atomic mass is 10.0. The van der Waals surface area contributed by atoms with Crippen molar-refractivity contribution in [3.8, 4) is 0 Å². The quantitative estimate of drug-likeness (QED) is 0.741. The van der Waals surface area contributed by atoms with Gasteiger partial charge in [-0.3, -0.25) is 14.6 Å². The van der Waals surface area contributed by atoms with Crippen molar-refractivity contribution in [1.29, 1.82) is 0 Å². The number of piperazine rings is 1. The molecule has 0 aliphatic carbocycles. The lowest BCUT2D eigenvalue weighted by molar-refractivity contribution is -0.131. The first-order valence-electron chi connectivity index (χ1n) is 6.82. The fraction of sp³-hybridized carbons (Fsp3) is 0.923. The van der Waals surface area contributed by atoms with Crippen molar-refractivity contribution in [3.05, 3.63) is 0 Å². The Morgan fingerprint density at radius 1 is 1.28 bits per heavy atom. The standard InChI is InChI=1S/C13H28N4O/c1-5-15(4)12(18)10-16-6-8-17(9-7-16)13(2,3)11-14/h5-11,14H2,1-4H3. The lowest BCUT2D eigenvalue weighted by Gasteiger charge is -2.43. The van der Waals surface area contributed by atoms with E-state index in [0.717, 1.165) is 32.7 Å². The number of hydrogen-bond acceptors (Lipinski definition) is 4. The molecule has 0 spiro atoms. The highest BCUT2D eigenvalue weighted by Crippen LogP contribution is 2.15. The predicted octanol–water partition coefficient (Wildman–Crippen LogP) is -0.180. The minimum atomic E-state index is 0.0658. The zero-order chi connectivity index (χ0) is 13.8. The smallest absolute Gasteiger partial charge is 0.236 e. The van der Waals surface area contributed by atoms with Crippen LogP contribution in [-0.4, -0.2) is 79.0 Å². The van der Waals surface area contributed by atoms with Gasteiger partial charge in [0.1, 0.15) is 0 Å². The maximum absolute atomic E-state index is 11.8. The first kappa shape index (κ1) is 15.4. The molecule has 0 radical (unpaired) electrons. The molecule has 0 aromatic carbocycles. The molecule has 5 nitrogen and oxygen atoms in total. The summed E-state index contributed by atoms with van der Waals surface area (Å²) in [5, 5.41) is 0. The lowest BCUT2D eigenvalue weighted by Crippen LogP contribution is -2.58. The Morgan fingerprint density at radius 2 is 1.83 bits per heavy atom. The van der Waals surface area contributed by atoms with Gasteiger partial charge in [0.05, 0.1) is 6.54 Å². The fourth-order valence-electron chi connectivity index (χ4n) is 2.13. The van der Waals surface area contributed by atoms with Crippen LogP contribution in [0.2, 0.25) is 0 Å². The van der Waals surface area contributed by atoms with Crippen LogP contribution in [0.1, 0.15) is 20.8 Å². The van der Waals surface area contributed by atoms with Gasteiger partial charge < -0.3 is 10.6 Å². The van der Waals surface area contributed by atoms with Crippen molar-refractivity contribution >= 4 is 5.91 Å². The molecule has 106 valence electrons. The second kappa shape index (κ2) is 6.50. The molecule has 18 heavy (non-hydrogen) atoms. The summed E-state index contributed by atoms with van der Waals surface area (Å²) in [4.78, 5) is 18.2. The van der Waals surface area contributed by atoms with E-state index in [2.05, 4.69) is 23.6 Å². The van der Waals surface area contributed by atoms with E-state index in [1.165, 1.54) is 0 Å². The SMILES string of the molecule is CCN(C)C(=O)CN1CCN(C(C)(C)CN)CC1. The number of hydrogen-bond donors (Lipinski definition) is 1. The molecule has 1 rings (SSSR count). The van der Waals surface area contributed by atoms with E-state index in [1.54, 1.807) is 4.90 Å². The molecule has 1 fully saturated rings. The summed E-state index contributed by atoms with van der Waals surface area (Å²) in [7, 11) is 1.86. The fourth-order valence-corrected chi connectivity index (χ4v) is 2.13. The summed E-state index contributed by atoms with van der Waals surface area (Å²) >= 11 is 0. The molecular formula is C13H28N4O. The van der Waals surface area contributed by atoms with E-state index in [0.29, 0.717) is 13.1 Å². The molecule has 0 aromatic rings. The molecule has 0 bridgehead atoms. The summed E-state index contributed by atoms with van der Waals surface area (Å²) in [5.74, 6) is 0.212. The highest BCUT2D eigenvalue weighted by atomic mass is 16.2. The van der Waals surface area contributed by atoms with Crippen LogP contribution in [0.5, 0.6) is 0 Å². The predicted molar refractivity (Wildman–Crippen MR) is 74.5 cm³/mol. The average Bonchev–Trinajstić information content (AvgIpc) is 2.38. The molecular weight excluding hydrogens is 228 g/mol. The van der Waals surface area contributed by atoms with Gasteiger partial charge in [0.25, 0.3) is 0 Å². The first-order valence-corrected chi connectivity index (χ1v) is 6.82. The molecule has 2 N–H and O–H groups in total. The molecule has 0 saturated carbocycles. The number of likely N-dealkylation sites (N-methyl/N-ethyl adjacent to an activating group) is 1. The number of carbonyl (C=O) groups is 1. The summed E-state index contributed by atoms with van der Waals surface area (Å²) in [5.41, 5.74) is 5.86. The van der Waals surface area contributed by atoms with E-state index < -0.39 is 0 Å². The molecule has 1 heterocycles. The molecule has 0 unspecified atom stereocenters. The van der Waals surface area contributed by atoms with Crippen LogP contribution >= 0.6 is 0 Å². The zero-order valence-corrected chi connectivity index (χ0v) is 12.3. The molecule has 5 heteroatoms. The average molecular weight is 256 g/mol. The van der Waals surface area contributed by atoms with Gasteiger partial charge in [-0.2, -0.15) is 0 Å². The zero-order valence-electron chi connectivity index (χ0n) is 12.3. The highest BCUT2D eigenvalue weighted by molar-refractivity contribution is 5.77. The second-order valence-corrected chi connectivity index (χ2v) is 5.69. The van der Waals surface area contributed by atoms with Crippen molar-refractivity contribution in [1.82, 2.24) is 14.7 Å². The topological polar surface area (TPSA) is 52.8 Å². The minimum Gasteiger partial charge on any atom is -0.345 e. The third kappa shape index (κ3) is 3.93. The van der Waals surface area contributed by atoms with Gasteiger partial charge in [0.15, 0.2) is 0 Å². The Kier molecular flexibility index (Phi) is 5.56. The summed E-state index contributed by atoms with van der Waals surface area (Å²) in [6.45, 7) is 12.2. The van der Waals surface area contributed by atoms with Crippen LogP contribution in [0.3, 0.4) is 0 Å². The van der Waals surface area contributed by atoms with Crippen LogP contribution < -0.4 is 5.73 Å².